The molecule has 0 aliphatic carbocycles. The molecule has 0 saturated carbocycles. The van der Waals surface area contributed by atoms with Gasteiger partial charge in [0.2, 0.25) is 5.91 Å². The van der Waals surface area contributed by atoms with E-state index in [1.807, 2.05) is 0 Å². The highest BCUT2D eigenvalue weighted by atomic mass is 32.2. The molecule has 2 N–H and O–H groups in total. The number of nitrogens with zero attached hydrogens (tertiary/aromatic N) is 1. The van der Waals surface area contributed by atoms with E-state index in [4.69, 9.17) is 0 Å². The zero-order chi connectivity index (χ0) is 22.3. The van der Waals surface area contributed by atoms with E-state index in [1.54, 1.807) is 23.1 Å². The maximum Gasteiger partial charge on any atom is 0.321 e. The van der Waals surface area contributed by atoms with Crippen LogP contribution < -0.4 is 10.6 Å². The van der Waals surface area contributed by atoms with Crippen LogP contribution in [-0.4, -0.2) is 50.6 Å². The summed E-state index contributed by atoms with van der Waals surface area (Å²) < 4.78 is 37.4. The molecule has 3 rings (SSSR count). The summed E-state index contributed by atoms with van der Waals surface area (Å²) in [4.78, 5) is 26.3. The van der Waals surface area contributed by atoms with Crippen LogP contribution in [0.15, 0.2) is 59.5 Å². The second kappa shape index (κ2) is 10.4. The molecule has 3 amide bonds. The van der Waals surface area contributed by atoms with Crippen molar-refractivity contribution in [2.45, 2.75) is 24.2 Å². The zero-order valence-corrected chi connectivity index (χ0v) is 17.9. The summed E-state index contributed by atoms with van der Waals surface area (Å²) in [6.45, 7) is 1.56. The average molecular weight is 448 g/mol. The first kappa shape index (κ1) is 22.7. The largest absolute Gasteiger partial charge is 0.356 e. The minimum absolute atomic E-state index is 0.0872. The molecule has 0 unspecified atom stereocenters. The lowest BCUT2D eigenvalue weighted by molar-refractivity contribution is -0.120. The van der Waals surface area contributed by atoms with Gasteiger partial charge in [0.1, 0.15) is 5.82 Å². The maximum atomic E-state index is 13.0. The van der Waals surface area contributed by atoms with Gasteiger partial charge < -0.3 is 15.5 Å². The number of carbonyl (C=O) groups is 2. The lowest BCUT2D eigenvalue weighted by Gasteiger charge is -2.32. The van der Waals surface area contributed by atoms with Crippen molar-refractivity contribution in [1.82, 2.24) is 10.2 Å². The number of anilines is 1. The number of benzene rings is 2. The number of amides is 3. The molecule has 31 heavy (non-hydrogen) atoms. The number of carbonyl (C=O) groups excluding carboxylic acids is 2. The summed E-state index contributed by atoms with van der Waals surface area (Å²) in [5.41, 5.74) is 0.534. The fourth-order valence-corrected chi connectivity index (χ4v) is 4.66. The van der Waals surface area contributed by atoms with E-state index in [0.717, 1.165) is 12.8 Å². The van der Waals surface area contributed by atoms with E-state index in [-0.39, 0.29) is 40.7 Å². The Morgan fingerprint density at radius 2 is 1.65 bits per heavy atom. The van der Waals surface area contributed by atoms with Gasteiger partial charge in [-0.05, 0) is 55.2 Å². The van der Waals surface area contributed by atoms with Crippen molar-refractivity contribution < 1.29 is 22.4 Å². The van der Waals surface area contributed by atoms with Crippen molar-refractivity contribution in [2.24, 2.45) is 5.92 Å². The van der Waals surface area contributed by atoms with Crippen LogP contribution in [0.1, 0.15) is 19.3 Å². The van der Waals surface area contributed by atoms with Crippen LogP contribution in [-0.2, 0) is 14.6 Å². The fraction of sp³-hybridized carbons (Fsp3) is 0.364. The first-order valence-corrected chi connectivity index (χ1v) is 11.8. The molecule has 0 bridgehead atoms. The topological polar surface area (TPSA) is 95.6 Å². The van der Waals surface area contributed by atoms with E-state index < -0.39 is 9.84 Å². The highest BCUT2D eigenvalue weighted by Crippen LogP contribution is 2.18. The summed E-state index contributed by atoms with van der Waals surface area (Å²) in [5, 5.41) is 5.55. The van der Waals surface area contributed by atoms with Crippen molar-refractivity contribution in [3.63, 3.8) is 0 Å². The van der Waals surface area contributed by atoms with Gasteiger partial charge in [-0.15, -0.1) is 0 Å². The standard InChI is InChI=1S/C22H26FN3O4S/c23-18-6-8-19(9-7-18)25-22(28)26-13-10-17(11-14-26)16-24-21(27)12-15-31(29,30)20-4-2-1-3-5-20/h1-9,17H,10-16H2,(H,24,27)(H,25,28). The summed E-state index contributed by atoms with van der Waals surface area (Å²) in [5.74, 6) is -0.663. The quantitative estimate of drug-likeness (QED) is 0.682. The van der Waals surface area contributed by atoms with Crippen LogP contribution in [0.4, 0.5) is 14.9 Å². The molecule has 7 nitrogen and oxygen atoms in total. The van der Waals surface area contributed by atoms with Gasteiger partial charge in [0.15, 0.2) is 9.84 Å². The highest BCUT2D eigenvalue weighted by molar-refractivity contribution is 7.91. The zero-order valence-electron chi connectivity index (χ0n) is 17.1. The highest BCUT2D eigenvalue weighted by Gasteiger charge is 2.23. The number of sulfone groups is 1. The van der Waals surface area contributed by atoms with Crippen LogP contribution >= 0.6 is 0 Å². The number of hydrogen-bond donors (Lipinski definition) is 2. The number of likely N-dealkylation sites (tertiary alicyclic amines) is 1. The number of hydrogen-bond acceptors (Lipinski definition) is 4. The maximum absolute atomic E-state index is 13.0. The molecule has 0 radical (unpaired) electrons. The monoisotopic (exact) mass is 447 g/mol. The molecular weight excluding hydrogens is 421 g/mol. The Morgan fingerprint density at radius 3 is 2.29 bits per heavy atom. The molecule has 1 aliphatic heterocycles. The number of urea groups is 1. The first-order chi connectivity index (χ1) is 14.8. The Hall–Kier alpha value is -2.94. The molecule has 2 aromatic carbocycles. The number of piperidine rings is 1. The number of rotatable bonds is 7. The van der Waals surface area contributed by atoms with Gasteiger partial charge in [0, 0.05) is 31.7 Å². The minimum Gasteiger partial charge on any atom is -0.356 e. The summed E-state index contributed by atoms with van der Waals surface area (Å²) in [6, 6.07) is 13.4. The lowest BCUT2D eigenvalue weighted by atomic mass is 9.97. The Bertz CT molecular complexity index is 989. The number of halogens is 1. The average Bonchev–Trinajstić information content (AvgIpc) is 2.79. The molecule has 0 spiro atoms. The van der Waals surface area contributed by atoms with Crippen molar-refractivity contribution in [1.29, 1.82) is 0 Å². The second-order valence-electron chi connectivity index (χ2n) is 7.55. The molecule has 9 heteroatoms. The van der Waals surface area contributed by atoms with Crippen LogP contribution in [0.5, 0.6) is 0 Å². The van der Waals surface area contributed by atoms with Crippen LogP contribution in [0.2, 0.25) is 0 Å². The second-order valence-corrected chi connectivity index (χ2v) is 9.66. The molecule has 166 valence electrons. The molecular formula is C22H26FN3O4S. The van der Waals surface area contributed by atoms with Gasteiger partial charge in [0.25, 0.3) is 0 Å². The SMILES string of the molecule is O=C(CCS(=O)(=O)c1ccccc1)NCC1CCN(C(=O)Nc2ccc(F)cc2)CC1. The molecule has 1 fully saturated rings. The van der Waals surface area contributed by atoms with E-state index in [0.29, 0.717) is 25.3 Å². The fourth-order valence-electron chi connectivity index (χ4n) is 3.40. The molecule has 2 aromatic rings. The van der Waals surface area contributed by atoms with Gasteiger partial charge >= 0.3 is 6.03 Å². The third-order valence-corrected chi connectivity index (χ3v) is 7.02. The predicted octanol–water partition coefficient (Wildman–Crippen LogP) is 3.05. The number of nitrogens with one attached hydrogen (secondary N) is 2. The van der Waals surface area contributed by atoms with Crippen molar-refractivity contribution in [3.8, 4) is 0 Å². The van der Waals surface area contributed by atoms with Crippen molar-refractivity contribution in [2.75, 3.05) is 30.7 Å². The first-order valence-electron chi connectivity index (χ1n) is 10.2. The summed E-state index contributed by atoms with van der Waals surface area (Å²) in [7, 11) is -3.48. The van der Waals surface area contributed by atoms with Crippen LogP contribution in [0, 0.1) is 11.7 Å². The van der Waals surface area contributed by atoms with Crippen molar-refractivity contribution >= 4 is 27.5 Å². The van der Waals surface area contributed by atoms with Gasteiger partial charge in [0.05, 0.1) is 10.6 Å². The van der Waals surface area contributed by atoms with E-state index >= 15 is 0 Å². The third-order valence-electron chi connectivity index (χ3n) is 5.29. The summed E-state index contributed by atoms with van der Waals surface area (Å²) in [6.07, 6.45) is 1.38. The molecule has 0 atom stereocenters. The van der Waals surface area contributed by atoms with Gasteiger partial charge in [-0.25, -0.2) is 17.6 Å². The van der Waals surface area contributed by atoms with Gasteiger partial charge in [-0.2, -0.15) is 0 Å². The summed E-state index contributed by atoms with van der Waals surface area (Å²) >= 11 is 0. The Labute approximate surface area is 181 Å². The van der Waals surface area contributed by atoms with E-state index in [9.17, 15) is 22.4 Å². The minimum atomic E-state index is -3.48. The van der Waals surface area contributed by atoms with Gasteiger partial charge in [-0.3, -0.25) is 4.79 Å². The molecule has 1 heterocycles. The van der Waals surface area contributed by atoms with E-state index in [2.05, 4.69) is 10.6 Å². The molecule has 1 aliphatic rings. The van der Waals surface area contributed by atoms with E-state index in [1.165, 1.54) is 36.4 Å². The molecule has 0 aromatic heterocycles. The third kappa shape index (κ3) is 6.78. The lowest BCUT2D eigenvalue weighted by Crippen LogP contribution is -2.43. The predicted molar refractivity (Wildman–Crippen MR) is 116 cm³/mol. The Morgan fingerprint density at radius 1 is 1.00 bits per heavy atom. The molecule has 1 saturated heterocycles. The van der Waals surface area contributed by atoms with Gasteiger partial charge in [-0.1, -0.05) is 18.2 Å². The van der Waals surface area contributed by atoms with Crippen LogP contribution in [0.25, 0.3) is 0 Å². The Balaban J connectivity index is 1.36. The normalized spacial score (nSPS) is 14.8. The Kier molecular flexibility index (Phi) is 7.62. The van der Waals surface area contributed by atoms with Crippen LogP contribution in [0.3, 0.4) is 0 Å². The van der Waals surface area contributed by atoms with Crippen molar-refractivity contribution in [3.05, 3.63) is 60.4 Å². The smallest absolute Gasteiger partial charge is 0.321 e.